The van der Waals surface area contributed by atoms with Gasteiger partial charge in [0.2, 0.25) is 0 Å². The van der Waals surface area contributed by atoms with E-state index in [0.717, 1.165) is 15.5 Å². The first kappa shape index (κ1) is 14.4. The summed E-state index contributed by atoms with van der Waals surface area (Å²) in [7, 11) is 1.59. The van der Waals surface area contributed by atoms with Gasteiger partial charge in [-0.25, -0.2) is 0 Å². The molecule has 0 aromatic heterocycles. The van der Waals surface area contributed by atoms with Crippen molar-refractivity contribution in [3.05, 3.63) is 58.1 Å². The topological polar surface area (TPSA) is 72.6 Å². The third-order valence-electron chi connectivity index (χ3n) is 2.69. The molecule has 6 heteroatoms. The predicted octanol–water partition coefficient (Wildman–Crippen LogP) is 3.25. The lowest BCUT2D eigenvalue weighted by Gasteiger charge is -2.08. The Morgan fingerprint density at radius 1 is 1.30 bits per heavy atom. The molecular formula is C14H13NO4S. The molecule has 0 bridgehead atoms. The summed E-state index contributed by atoms with van der Waals surface area (Å²) in [5, 5.41) is 20.1. The fourth-order valence-corrected chi connectivity index (χ4v) is 2.66. The molecule has 0 amide bonds. The zero-order valence-electron chi connectivity index (χ0n) is 10.8. The van der Waals surface area contributed by atoms with Crippen molar-refractivity contribution in [2.75, 3.05) is 7.11 Å². The molecule has 0 spiro atoms. The first-order valence-corrected chi connectivity index (χ1v) is 6.66. The van der Waals surface area contributed by atoms with Gasteiger partial charge < -0.3 is 9.84 Å². The molecule has 0 heterocycles. The first-order valence-electron chi connectivity index (χ1n) is 5.84. The fourth-order valence-electron chi connectivity index (χ4n) is 1.69. The van der Waals surface area contributed by atoms with Gasteiger partial charge in [0.1, 0.15) is 5.75 Å². The van der Waals surface area contributed by atoms with E-state index in [1.807, 2.05) is 24.3 Å². The van der Waals surface area contributed by atoms with Crippen molar-refractivity contribution in [1.82, 2.24) is 0 Å². The summed E-state index contributed by atoms with van der Waals surface area (Å²) in [5.74, 6) is 0.738. The highest BCUT2D eigenvalue weighted by atomic mass is 32.2. The number of methoxy groups -OCH3 is 1. The highest BCUT2D eigenvalue weighted by molar-refractivity contribution is 7.99. The summed E-state index contributed by atoms with van der Waals surface area (Å²) < 4.78 is 5.15. The standard InChI is InChI=1S/C14H13NO4S/c1-19-12-3-2-4-13(8-12)20-14-6-5-11(15(17)18)7-10(14)9-16/h2-8,16H,9H2,1H3. The molecule has 0 radical (unpaired) electrons. The fraction of sp³-hybridized carbons (Fsp3) is 0.143. The van der Waals surface area contributed by atoms with Crippen LogP contribution in [0.5, 0.6) is 5.75 Å². The Hall–Kier alpha value is -2.05. The van der Waals surface area contributed by atoms with Gasteiger partial charge in [-0.15, -0.1) is 0 Å². The van der Waals surface area contributed by atoms with Gasteiger partial charge in [-0.05, 0) is 29.8 Å². The Morgan fingerprint density at radius 2 is 2.10 bits per heavy atom. The van der Waals surface area contributed by atoms with E-state index < -0.39 is 4.92 Å². The van der Waals surface area contributed by atoms with Crippen molar-refractivity contribution in [3.8, 4) is 5.75 Å². The minimum Gasteiger partial charge on any atom is -0.497 e. The SMILES string of the molecule is COc1cccc(Sc2ccc([N+](=O)[O-])cc2CO)c1. The molecule has 0 aliphatic rings. The summed E-state index contributed by atoms with van der Waals surface area (Å²) in [5.41, 5.74) is 0.510. The summed E-state index contributed by atoms with van der Waals surface area (Å²) in [4.78, 5) is 12.0. The number of non-ortho nitro benzene ring substituents is 1. The average molecular weight is 291 g/mol. The van der Waals surface area contributed by atoms with Gasteiger partial charge in [-0.3, -0.25) is 10.1 Å². The van der Waals surface area contributed by atoms with E-state index >= 15 is 0 Å². The number of nitro groups is 1. The molecule has 0 aliphatic heterocycles. The van der Waals surface area contributed by atoms with Crippen molar-refractivity contribution in [1.29, 1.82) is 0 Å². The maximum Gasteiger partial charge on any atom is 0.269 e. The largest absolute Gasteiger partial charge is 0.497 e. The smallest absolute Gasteiger partial charge is 0.269 e. The molecule has 0 atom stereocenters. The van der Waals surface area contributed by atoms with E-state index in [1.165, 1.54) is 23.9 Å². The van der Waals surface area contributed by atoms with Gasteiger partial charge in [-0.2, -0.15) is 0 Å². The normalized spacial score (nSPS) is 10.3. The number of hydrogen-bond donors (Lipinski definition) is 1. The summed E-state index contributed by atoms with van der Waals surface area (Å²) in [6.45, 7) is -0.242. The first-order chi connectivity index (χ1) is 9.63. The second kappa shape index (κ2) is 6.40. The minimum atomic E-state index is -0.473. The lowest BCUT2D eigenvalue weighted by molar-refractivity contribution is -0.385. The Morgan fingerprint density at radius 3 is 2.75 bits per heavy atom. The minimum absolute atomic E-state index is 0.0240. The highest BCUT2D eigenvalue weighted by Crippen LogP contribution is 2.34. The Labute approximate surface area is 120 Å². The van der Waals surface area contributed by atoms with Crippen LogP contribution in [-0.4, -0.2) is 17.1 Å². The van der Waals surface area contributed by atoms with Crippen LogP contribution in [0.25, 0.3) is 0 Å². The molecule has 104 valence electrons. The molecule has 20 heavy (non-hydrogen) atoms. The number of benzene rings is 2. The van der Waals surface area contributed by atoms with E-state index in [-0.39, 0.29) is 12.3 Å². The molecule has 2 aromatic rings. The molecule has 2 aromatic carbocycles. The van der Waals surface area contributed by atoms with Crippen LogP contribution >= 0.6 is 11.8 Å². The number of rotatable bonds is 5. The Balaban J connectivity index is 2.30. The zero-order chi connectivity index (χ0) is 14.5. The predicted molar refractivity (Wildman–Crippen MR) is 76.1 cm³/mol. The molecule has 0 unspecified atom stereocenters. The third-order valence-corrected chi connectivity index (χ3v) is 3.80. The molecule has 2 rings (SSSR count). The van der Waals surface area contributed by atoms with Crippen LogP contribution in [0, 0.1) is 10.1 Å². The quantitative estimate of drug-likeness (QED) is 0.676. The molecule has 5 nitrogen and oxygen atoms in total. The molecule has 0 saturated heterocycles. The van der Waals surface area contributed by atoms with Crippen LogP contribution in [0.3, 0.4) is 0 Å². The van der Waals surface area contributed by atoms with Crippen LogP contribution < -0.4 is 4.74 Å². The Bertz CT molecular complexity index is 630. The number of nitro benzene ring substituents is 1. The monoisotopic (exact) mass is 291 g/mol. The second-order valence-electron chi connectivity index (χ2n) is 3.99. The van der Waals surface area contributed by atoms with Crippen molar-refractivity contribution < 1.29 is 14.8 Å². The number of hydrogen-bond acceptors (Lipinski definition) is 5. The van der Waals surface area contributed by atoms with Crippen LogP contribution in [0.15, 0.2) is 52.3 Å². The summed E-state index contributed by atoms with van der Waals surface area (Å²) >= 11 is 1.43. The average Bonchev–Trinajstić information content (AvgIpc) is 2.47. The van der Waals surface area contributed by atoms with Crippen LogP contribution in [0.4, 0.5) is 5.69 Å². The summed E-state index contributed by atoms with van der Waals surface area (Å²) in [6.07, 6.45) is 0. The van der Waals surface area contributed by atoms with Crippen molar-refractivity contribution >= 4 is 17.4 Å². The van der Waals surface area contributed by atoms with E-state index in [4.69, 9.17) is 4.74 Å². The van der Waals surface area contributed by atoms with E-state index in [2.05, 4.69) is 0 Å². The molecule has 0 aliphatic carbocycles. The van der Waals surface area contributed by atoms with Gasteiger partial charge in [0.15, 0.2) is 0 Å². The van der Waals surface area contributed by atoms with Gasteiger partial charge in [-0.1, -0.05) is 17.8 Å². The molecule has 0 fully saturated rings. The molecule has 1 N–H and O–H groups in total. The number of nitrogens with zero attached hydrogens (tertiary/aromatic N) is 1. The van der Waals surface area contributed by atoms with Gasteiger partial charge in [0.25, 0.3) is 5.69 Å². The summed E-state index contributed by atoms with van der Waals surface area (Å²) in [6, 6.07) is 12.0. The maximum absolute atomic E-state index is 10.7. The van der Waals surface area contributed by atoms with E-state index in [9.17, 15) is 15.2 Å². The third kappa shape index (κ3) is 3.28. The number of aliphatic hydroxyl groups is 1. The van der Waals surface area contributed by atoms with Gasteiger partial charge >= 0.3 is 0 Å². The Kier molecular flexibility index (Phi) is 4.60. The number of aliphatic hydroxyl groups excluding tert-OH is 1. The maximum atomic E-state index is 10.7. The number of ether oxygens (including phenoxy) is 1. The zero-order valence-corrected chi connectivity index (χ0v) is 11.6. The lowest BCUT2D eigenvalue weighted by Crippen LogP contribution is -1.93. The lowest BCUT2D eigenvalue weighted by atomic mass is 10.2. The van der Waals surface area contributed by atoms with E-state index in [0.29, 0.717) is 5.56 Å². The van der Waals surface area contributed by atoms with Crippen LogP contribution in [0.2, 0.25) is 0 Å². The highest BCUT2D eigenvalue weighted by Gasteiger charge is 2.11. The van der Waals surface area contributed by atoms with Crippen molar-refractivity contribution in [3.63, 3.8) is 0 Å². The van der Waals surface area contributed by atoms with Gasteiger partial charge in [0, 0.05) is 21.9 Å². The van der Waals surface area contributed by atoms with Crippen LogP contribution in [0.1, 0.15) is 5.56 Å². The second-order valence-corrected chi connectivity index (χ2v) is 5.10. The van der Waals surface area contributed by atoms with Gasteiger partial charge in [0.05, 0.1) is 18.6 Å². The van der Waals surface area contributed by atoms with E-state index in [1.54, 1.807) is 13.2 Å². The van der Waals surface area contributed by atoms with Crippen molar-refractivity contribution in [2.24, 2.45) is 0 Å². The van der Waals surface area contributed by atoms with Crippen LogP contribution in [-0.2, 0) is 6.61 Å². The molecular weight excluding hydrogens is 278 g/mol. The van der Waals surface area contributed by atoms with Crippen molar-refractivity contribution in [2.45, 2.75) is 16.4 Å². The molecule has 0 saturated carbocycles.